The summed E-state index contributed by atoms with van der Waals surface area (Å²) in [5.41, 5.74) is 3.31. The average molecular weight is 373 g/mol. The van der Waals surface area contributed by atoms with Crippen LogP contribution in [0.5, 0.6) is 0 Å². The second-order valence-corrected chi connectivity index (χ2v) is 5.98. The van der Waals surface area contributed by atoms with Crippen LogP contribution in [-0.2, 0) is 4.79 Å². The van der Waals surface area contributed by atoms with Crippen LogP contribution in [0.3, 0.4) is 0 Å². The van der Waals surface area contributed by atoms with Crippen LogP contribution in [0.4, 0.5) is 11.6 Å². The normalized spacial score (nSPS) is 10.0. The van der Waals surface area contributed by atoms with Crippen LogP contribution in [-0.4, -0.2) is 21.1 Å². The van der Waals surface area contributed by atoms with Gasteiger partial charge in [-0.1, -0.05) is 48.5 Å². The third kappa shape index (κ3) is 3.91. The minimum Gasteiger partial charge on any atom is -0.483 e. The van der Waals surface area contributed by atoms with E-state index in [1.807, 2.05) is 85.8 Å². The lowest BCUT2D eigenvalue weighted by Gasteiger charge is -2.16. The van der Waals surface area contributed by atoms with Crippen molar-refractivity contribution in [2.24, 2.45) is 0 Å². The van der Waals surface area contributed by atoms with Gasteiger partial charge in [-0.15, -0.1) is 0 Å². The van der Waals surface area contributed by atoms with Gasteiger partial charge in [0.05, 0.1) is 16.6 Å². The molecule has 0 unspecified atom stereocenters. The summed E-state index contributed by atoms with van der Waals surface area (Å²) in [4.78, 5) is 26.2. The minimum atomic E-state index is -0.250. The van der Waals surface area contributed by atoms with Crippen molar-refractivity contribution in [3.05, 3.63) is 94.8 Å². The maximum atomic E-state index is 13.2. The van der Waals surface area contributed by atoms with Crippen molar-refractivity contribution >= 4 is 29.0 Å². The summed E-state index contributed by atoms with van der Waals surface area (Å²) in [6.45, 7) is 1.74. The summed E-state index contributed by atoms with van der Waals surface area (Å²) in [7, 11) is 0. The molecule has 0 saturated carbocycles. The highest BCUT2D eigenvalue weighted by atomic mass is 16.3. The Hall–Kier alpha value is -3.93. The second-order valence-electron chi connectivity index (χ2n) is 5.98. The minimum absolute atomic E-state index is 0.0849. The highest BCUT2D eigenvalue weighted by Crippen LogP contribution is 2.21. The van der Waals surface area contributed by atoms with Crippen molar-refractivity contribution in [2.45, 2.75) is 6.92 Å². The molecule has 6 nitrogen and oxygen atoms in total. The van der Waals surface area contributed by atoms with Crippen molar-refractivity contribution in [2.75, 3.05) is 5.32 Å². The molecule has 6 heteroatoms. The van der Waals surface area contributed by atoms with E-state index >= 15 is 0 Å². The molecule has 3 aromatic carbocycles. The molecule has 0 fully saturated rings. The van der Waals surface area contributed by atoms with Crippen molar-refractivity contribution in [3.8, 4) is 5.69 Å². The van der Waals surface area contributed by atoms with Crippen LogP contribution in [0.1, 0.15) is 5.56 Å². The molecule has 1 heterocycles. The van der Waals surface area contributed by atoms with E-state index in [0.29, 0.717) is 16.9 Å². The number of nitrogens with zero attached hydrogens (tertiary/aromatic N) is 2. The Balaban J connectivity index is 0.000000706. The number of hydrogen-bond acceptors (Lipinski definition) is 4. The van der Waals surface area contributed by atoms with Gasteiger partial charge in [-0.3, -0.25) is 9.59 Å². The van der Waals surface area contributed by atoms with E-state index in [9.17, 15) is 4.79 Å². The third-order valence-corrected chi connectivity index (χ3v) is 4.16. The fraction of sp³-hybridized carbons (Fsp3) is 0.0455. The summed E-state index contributed by atoms with van der Waals surface area (Å²) < 4.78 is 1.64. The maximum Gasteiger partial charge on any atom is 0.290 e. The Bertz CT molecular complexity index is 1150. The molecule has 0 aliphatic rings. The number of nitrogens with one attached hydrogen (secondary N) is 1. The summed E-state index contributed by atoms with van der Waals surface area (Å²) in [5, 5.41) is 10.8. The van der Waals surface area contributed by atoms with Crippen molar-refractivity contribution < 1.29 is 9.90 Å². The lowest BCUT2D eigenvalue weighted by Crippen LogP contribution is -2.23. The summed E-state index contributed by atoms with van der Waals surface area (Å²) in [6.07, 6.45) is 0. The van der Waals surface area contributed by atoms with E-state index in [2.05, 4.69) is 5.32 Å². The molecule has 0 bridgehead atoms. The van der Waals surface area contributed by atoms with Crippen molar-refractivity contribution in [1.82, 2.24) is 9.55 Å². The van der Waals surface area contributed by atoms with E-state index < -0.39 is 0 Å². The van der Waals surface area contributed by atoms with Gasteiger partial charge in [0, 0.05) is 5.69 Å². The van der Waals surface area contributed by atoms with Gasteiger partial charge in [-0.2, -0.15) is 0 Å². The number of rotatable bonds is 3. The molecule has 0 saturated heterocycles. The Morgan fingerprint density at radius 3 is 2.25 bits per heavy atom. The second kappa shape index (κ2) is 8.64. The van der Waals surface area contributed by atoms with Gasteiger partial charge >= 0.3 is 0 Å². The van der Waals surface area contributed by atoms with Crippen molar-refractivity contribution in [1.29, 1.82) is 0 Å². The smallest absolute Gasteiger partial charge is 0.290 e. The van der Waals surface area contributed by atoms with Gasteiger partial charge in [0.1, 0.15) is 0 Å². The zero-order valence-electron chi connectivity index (χ0n) is 15.2. The number of aromatic nitrogens is 2. The highest BCUT2D eigenvalue weighted by Gasteiger charge is 2.14. The Labute approximate surface area is 161 Å². The predicted octanol–water partition coefficient (Wildman–Crippen LogP) is 4.14. The first kappa shape index (κ1) is 18.8. The van der Waals surface area contributed by atoms with Gasteiger partial charge in [0.15, 0.2) is 0 Å². The standard InChI is InChI=1S/C21H17N3O.CH2O2/c1-15-9-5-8-14-19(15)24-20(25)17-12-6-7-13-18(17)23-21(24)22-16-10-3-2-4-11-16;2-1-3/h2-14H,1H3,(H,22,23);1H,(H,2,3). The average Bonchev–Trinajstić information content (AvgIpc) is 2.71. The van der Waals surface area contributed by atoms with Crippen LogP contribution < -0.4 is 10.9 Å². The molecule has 4 rings (SSSR count). The van der Waals surface area contributed by atoms with Crippen molar-refractivity contribution in [3.63, 3.8) is 0 Å². The fourth-order valence-electron chi connectivity index (χ4n) is 2.90. The number of anilines is 2. The summed E-state index contributed by atoms with van der Waals surface area (Å²) in [6, 6.07) is 25.0. The SMILES string of the molecule is Cc1ccccc1-n1c(Nc2ccccc2)nc2ccccc2c1=O.O=CO. The van der Waals surface area contributed by atoms with Gasteiger partial charge in [0.25, 0.3) is 12.0 Å². The fourth-order valence-corrected chi connectivity index (χ4v) is 2.90. The first-order chi connectivity index (χ1) is 13.7. The third-order valence-electron chi connectivity index (χ3n) is 4.16. The Kier molecular flexibility index (Phi) is 5.81. The number of benzene rings is 3. The quantitative estimate of drug-likeness (QED) is 0.527. The lowest BCUT2D eigenvalue weighted by molar-refractivity contribution is -0.122. The Morgan fingerprint density at radius 2 is 1.54 bits per heavy atom. The van der Waals surface area contributed by atoms with Crippen LogP contribution in [0, 0.1) is 6.92 Å². The molecule has 140 valence electrons. The van der Waals surface area contributed by atoms with E-state index in [1.165, 1.54) is 0 Å². The van der Waals surface area contributed by atoms with Gasteiger partial charge in [-0.05, 0) is 42.8 Å². The summed E-state index contributed by atoms with van der Waals surface area (Å²) in [5.74, 6) is 0.504. The number of hydrogen-bond donors (Lipinski definition) is 2. The molecule has 28 heavy (non-hydrogen) atoms. The molecule has 0 aliphatic carbocycles. The summed E-state index contributed by atoms with van der Waals surface area (Å²) >= 11 is 0. The predicted molar refractivity (Wildman–Crippen MR) is 110 cm³/mol. The van der Waals surface area contributed by atoms with Gasteiger partial charge < -0.3 is 10.4 Å². The molecule has 0 aliphatic heterocycles. The monoisotopic (exact) mass is 373 g/mol. The lowest BCUT2D eigenvalue weighted by atomic mass is 10.2. The maximum absolute atomic E-state index is 13.2. The van der Waals surface area contributed by atoms with Crippen LogP contribution in [0.15, 0.2) is 83.7 Å². The Morgan fingerprint density at radius 1 is 0.929 bits per heavy atom. The number of aryl methyl sites for hydroxylation is 1. The van der Waals surface area contributed by atoms with E-state index in [1.54, 1.807) is 4.57 Å². The largest absolute Gasteiger partial charge is 0.483 e. The molecular formula is C22H19N3O3. The van der Waals surface area contributed by atoms with Crippen LogP contribution >= 0.6 is 0 Å². The first-order valence-electron chi connectivity index (χ1n) is 8.63. The van der Waals surface area contributed by atoms with E-state index in [-0.39, 0.29) is 12.0 Å². The molecule has 0 radical (unpaired) electrons. The molecule has 4 aromatic rings. The number of para-hydroxylation sites is 3. The van der Waals surface area contributed by atoms with Gasteiger partial charge in [-0.25, -0.2) is 9.55 Å². The molecule has 2 N–H and O–H groups in total. The molecule has 0 amide bonds. The number of carbonyl (C=O) groups is 1. The number of fused-ring (bicyclic) bond motifs is 1. The zero-order chi connectivity index (χ0) is 19.9. The first-order valence-corrected chi connectivity index (χ1v) is 8.63. The molecular weight excluding hydrogens is 354 g/mol. The van der Waals surface area contributed by atoms with Crippen LogP contribution in [0.25, 0.3) is 16.6 Å². The van der Waals surface area contributed by atoms with E-state index in [4.69, 9.17) is 14.9 Å². The van der Waals surface area contributed by atoms with E-state index in [0.717, 1.165) is 16.9 Å². The zero-order valence-corrected chi connectivity index (χ0v) is 15.2. The highest BCUT2D eigenvalue weighted by molar-refractivity contribution is 5.80. The van der Waals surface area contributed by atoms with Crippen LogP contribution in [0.2, 0.25) is 0 Å². The topological polar surface area (TPSA) is 84.2 Å². The number of carboxylic acid groups (broad SMARTS) is 1. The molecule has 0 spiro atoms. The van der Waals surface area contributed by atoms with Gasteiger partial charge in [0.2, 0.25) is 5.95 Å². The molecule has 0 atom stereocenters. The molecule has 1 aromatic heterocycles.